The molecule has 23 heavy (non-hydrogen) atoms. The summed E-state index contributed by atoms with van der Waals surface area (Å²) in [6.07, 6.45) is 0. The number of carbonyl (C=O) groups is 3. The Labute approximate surface area is 138 Å². The standard InChI is InChI=1S/C15H18N2O5S/c1-21-12-4-2-11(3-5-12)8-16-13(18)10-22-14(19)9-17-6-7-23-15(17)20/h2-5H,6-10H2,1H3,(H,16,18). The zero-order valence-electron chi connectivity index (χ0n) is 12.7. The van der Waals surface area contributed by atoms with Crippen molar-refractivity contribution in [3.05, 3.63) is 29.8 Å². The normalized spacial score (nSPS) is 13.8. The highest BCUT2D eigenvalue weighted by atomic mass is 32.2. The van der Waals surface area contributed by atoms with Crippen LogP contribution in [0.2, 0.25) is 0 Å². The number of carbonyl (C=O) groups excluding carboxylic acids is 3. The van der Waals surface area contributed by atoms with Crippen molar-refractivity contribution in [1.29, 1.82) is 0 Å². The summed E-state index contributed by atoms with van der Waals surface area (Å²) < 4.78 is 9.91. The van der Waals surface area contributed by atoms with Gasteiger partial charge in [-0.25, -0.2) is 0 Å². The number of ether oxygens (including phenoxy) is 2. The highest BCUT2D eigenvalue weighted by molar-refractivity contribution is 8.13. The summed E-state index contributed by atoms with van der Waals surface area (Å²) >= 11 is 1.17. The van der Waals surface area contributed by atoms with E-state index < -0.39 is 11.9 Å². The number of thioether (sulfide) groups is 1. The molecule has 1 aliphatic heterocycles. The molecule has 0 saturated carbocycles. The van der Waals surface area contributed by atoms with Gasteiger partial charge in [-0.3, -0.25) is 14.4 Å². The second-order valence-electron chi connectivity index (χ2n) is 4.82. The summed E-state index contributed by atoms with van der Waals surface area (Å²) in [5.74, 6) is 0.439. The first-order valence-corrected chi connectivity index (χ1v) is 8.04. The summed E-state index contributed by atoms with van der Waals surface area (Å²) in [4.78, 5) is 36.0. The highest BCUT2D eigenvalue weighted by Crippen LogP contribution is 2.16. The lowest BCUT2D eigenvalue weighted by molar-refractivity contribution is -0.148. The third-order valence-corrected chi connectivity index (χ3v) is 4.07. The van der Waals surface area contributed by atoms with Crippen LogP contribution in [0.4, 0.5) is 4.79 Å². The molecule has 2 rings (SSSR count). The van der Waals surface area contributed by atoms with Gasteiger partial charge in [-0.2, -0.15) is 0 Å². The molecule has 0 spiro atoms. The van der Waals surface area contributed by atoms with E-state index in [4.69, 9.17) is 9.47 Å². The van der Waals surface area contributed by atoms with Crippen LogP contribution < -0.4 is 10.1 Å². The number of esters is 1. The Morgan fingerprint density at radius 2 is 2.04 bits per heavy atom. The molecule has 1 heterocycles. The predicted octanol–water partition coefficient (Wildman–Crippen LogP) is 1.02. The van der Waals surface area contributed by atoms with Crippen LogP contribution in [-0.2, 0) is 20.9 Å². The fraction of sp³-hybridized carbons (Fsp3) is 0.400. The number of hydrogen-bond acceptors (Lipinski definition) is 6. The van der Waals surface area contributed by atoms with E-state index in [-0.39, 0.29) is 18.4 Å². The van der Waals surface area contributed by atoms with Crippen molar-refractivity contribution in [2.45, 2.75) is 6.54 Å². The van der Waals surface area contributed by atoms with Crippen molar-refractivity contribution < 1.29 is 23.9 Å². The Balaban J connectivity index is 1.66. The Hall–Kier alpha value is -2.22. The van der Waals surface area contributed by atoms with Crippen LogP contribution in [-0.4, -0.2) is 54.6 Å². The van der Waals surface area contributed by atoms with Crippen molar-refractivity contribution in [2.24, 2.45) is 0 Å². The molecule has 0 aromatic heterocycles. The van der Waals surface area contributed by atoms with Crippen molar-refractivity contribution >= 4 is 28.9 Å². The first kappa shape index (κ1) is 17.1. The van der Waals surface area contributed by atoms with Crippen LogP contribution in [0.5, 0.6) is 5.75 Å². The topological polar surface area (TPSA) is 84.9 Å². The summed E-state index contributed by atoms with van der Waals surface area (Å²) in [5.41, 5.74) is 0.908. The Kier molecular flexibility index (Phi) is 6.28. The monoisotopic (exact) mass is 338 g/mol. The molecule has 0 bridgehead atoms. The first-order chi connectivity index (χ1) is 11.1. The predicted molar refractivity (Wildman–Crippen MR) is 85.2 cm³/mol. The lowest BCUT2D eigenvalue weighted by Crippen LogP contribution is -2.34. The van der Waals surface area contributed by atoms with E-state index in [1.807, 2.05) is 12.1 Å². The summed E-state index contributed by atoms with van der Waals surface area (Å²) in [7, 11) is 1.58. The van der Waals surface area contributed by atoms with E-state index in [2.05, 4.69) is 5.32 Å². The second-order valence-corrected chi connectivity index (χ2v) is 5.87. The molecule has 124 valence electrons. The van der Waals surface area contributed by atoms with Crippen LogP contribution in [0.1, 0.15) is 5.56 Å². The number of rotatable bonds is 7. The first-order valence-electron chi connectivity index (χ1n) is 7.05. The molecule has 1 aliphatic rings. The smallest absolute Gasteiger partial charge is 0.326 e. The van der Waals surface area contributed by atoms with E-state index in [1.54, 1.807) is 19.2 Å². The van der Waals surface area contributed by atoms with E-state index in [1.165, 1.54) is 16.7 Å². The van der Waals surface area contributed by atoms with Gasteiger partial charge >= 0.3 is 5.97 Å². The van der Waals surface area contributed by atoms with E-state index in [9.17, 15) is 14.4 Å². The number of nitrogens with one attached hydrogen (secondary N) is 1. The van der Waals surface area contributed by atoms with Gasteiger partial charge in [0.15, 0.2) is 6.61 Å². The maximum absolute atomic E-state index is 11.6. The molecule has 1 aromatic carbocycles. The minimum Gasteiger partial charge on any atom is -0.497 e. The minimum absolute atomic E-state index is 0.113. The number of benzene rings is 1. The summed E-state index contributed by atoms with van der Waals surface area (Å²) in [6, 6.07) is 7.27. The van der Waals surface area contributed by atoms with Gasteiger partial charge in [0.2, 0.25) is 0 Å². The van der Waals surface area contributed by atoms with Crippen LogP contribution in [0, 0.1) is 0 Å². The Morgan fingerprint density at radius 1 is 1.30 bits per heavy atom. The zero-order valence-corrected chi connectivity index (χ0v) is 13.6. The molecule has 1 N–H and O–H groups in total. The molecule has 1 fully saturated rings. The maximum Gasteiger partial charge on any atom is 0.326 e. The van der Waals surface area contributed by atoms with Gasteiger partial charge in [0.05, 0.1) is 7.11 Å². The largest absolute Gasteiger partial charge is 0.497 e. The van der Waals surface area contributed by atoms with Gasteiger partial charge in [-0.15, -0.1) is 0 Å². The van der Waals surface area contributed by atoms with E-state index in [0.717, 1.165) is 11.3 Å². The number of amides is 2. The lowest BCUT2D eigenvalue weighted by atomic mass is 10.2. The van der Waals surface area contributed by atoms with Crippen LogP contribution in [0.3, 0.4) is 0 Å². The molecule has 0 unspecified atom stereocenters. The molecule has 2 amide bonds. The molecule has 0 aliphatic carbocycles. The quantitative estimate of drug-likeness (QED) is 0.747. The molecule has 0 radical (unpaired) electrons. The van der Waals surface area contributed by atoms with E-state index in [0.29, 0.717) is 18.8 Å². The van der Waals surface area contributed by atoms with E-state index >= 15 is 0 Å². The molecule has 1 aromatic rings. The van der Waals surface area contributed by atoms with Crippen molar-refractivity contribution in [1.82, 2.24) is 10.2 Å². The van der Waals surface area contributed by atoms with Crippen LogP contribution in [0.25, 0.3) is 0 Å². The van der Waals surface area contributed by atoms with Gasteiger partial charge in [-0.1, -0.05) is 23.9 Å². The maximum atomic E-state index is 11.6. The van der Waals surface area contributed by atoms with Crippen molar-refractivity contribution in [2.75, 3.05) is 32.6 Å². The van der Waals surface area contributed by atoms with Gasteiger partial charge in [0.1, 0.15) is 12.3 Å². The van der Waals surface area contributed by atoms with Crippen LogP contribution in [0.15, 0.2) is 24.3 Å². The third kappa shape index (κ3) is 5.48. The number of methoxy groups -OCH3 is 1. The van der Waals surface area contributed by atoms with Gasteiger partial charge in [0, 0.05) is 18.8 Å². The summed E-state index contributed by atoms with van der Waals surface area (Å²) in [6.45, 7) is 0.394. The SMILES string of the molecule is COc1ccc(CNC(=O)COC(=O)CN2CCSC2=O)cc1. The Bertz CT molecular complexity index is 576. The van der Waals surface area contributed by atoms with Crippen molar-refractivity contribution in [3.63, 3.8) is 0 Å². The van der Waals surface area contributed by atoms with Crippen molar-refractivity contribution in [3.8, 4) is 5.75 Å². The Morgan fingerprint density at radius 3 is 2.65 bits per heavy atom. The third-order valence-electron chi connectivity index (χ3n) is 3.18. The molecule has 7 nitrogen and oxygen atoms in total. The molecular formula is C15H18N2O5S. The molecule has 0 atom stereocenters. The average Bonchev–Trinajstić information content (AvgIpc) is 2.96. The van der Waals surface area contributed by atoms with Gasteiger partial charge < -0.3 is 19.7 Å². The zero-order chi connectivity index (χ0) is 16.7. The van der Waals surface area contributed by atoms with Gasteiger partial charge in [-0.05, 0) is 17.7 Å². The highest BCUT2D eigenvalue weighted by Gasteiger charge is 2.24. The molecule has 1 saturated heterocycles. The summed E-state index contributed by atoms with van der Waals surface area (Å²) in [5, 5.41) is 2.52. The number of nitrogens with zero attached hydrogens (tertiary/aromatic N) is 1. The van der Waals surface area contributed by atoms with Gasteiger partial charge in [0.25, 0.3) is 11.1 Å². The lowest BCUT2D eigenvalue weighted by Gasteiger charge is -2.13. The fourth-order valence-corrected chi connectivity index (χ4v) is 2.74. The molecule has 8 heteroatoms. The fourth-order valence-electron chi connectivity index (χ4n) is 1.91. The number of hydrogen-bond donors (Lipinski definition) is 1. The minimum atomic E-state index is -0.583. The molecular weight excluding hydrogens is 320 g/mol. The van der Waals surface area contributed by atoms with Crippen LogP contribution >= 0.6 is 11.8 Å². The second kappa shape index (κ2) is 8.42. The average molecular weight is 338 g/mol.